The zero-order chi connectivity index (χ0) is 12.7. The number of nitrogens with zero attached hydrogens (tertiary/aromatic N) is 1. The molecule has 2 N–H and O–H groups in total. The Kier molecular flexibility index (Phi) is 3.54. The summed E-state index contributed by atoms with van der Waals surface area (Å²) in [6, 6.07) is 0.205. The van der Waals surface area contributed by atoms with Gasteiger partial charge in [0.2, 0.25) is 0 Å². The van der Waals surface area contributed by atoms with E-state index in [2.05, 4.69) is 32.6 Å². The molecule has 17 heavy (non-hydrogen) atoms. The molecule has 2 fully saturated rings. The van der Waals surface area contributed by atoms with Gasteiger partial charge < -0.3 is 15.4 Å². The third kappa shape index (κ3) is 2.83. The molecule has 0 amide bonds. The minimum atomic E-state index is 0.159. The van der Waals surface area contributed by atoms with Crippen LogP contribution in [0.25, 0.3) is 0 Å². The van der Waals surface area contributed by atoms with Crippen molar-refractivity contribution in [3.05, 3.63) is 0 Å². The average Bonchev–Trinajstić information content (AvgIpc) is 2.75. The van der Waals surface area contributed by atoms with E-state index >= 15 is 0 Å². The molecule has 3 unspecified atom stereocenters. The molecular formula is C14H28N2O. The topological polar surface area (TPSA) is 38.5 Å². The molecule has 2 aliphatic rings. The van der Waals surface area contributed by atoms with E-state index in [1.807, 2.05) is 0 Å². The number of nitrogens with two attached hydrogens (primary N) is 1. The van der Waals surface area contributed by atoms with Gasteiger partial charge in [0.25, 0.3) is 0 Å². The van der Waals surface area contributed by atoms with Gasteiger partial charge in [0, 0.05) is 24.5 Å². The van der Waals surface area contributed by atoms with Crippen LogP contribution in [-0.2, 0) is 4.74 Å². The molecule has 0 aromatic rings. The Hall–Kier alpha value is -0.120. The summed E-state index contributed by atoms with van der Waals surface area (Å²) in [6.45, 7) is 14.4. The second kappa shape index (κ2) is 4.52. The van der Waals surface area contributed by atoms with Crippen molar-refractivity contribution >= 4 is 0 Å². The largest absolute Gasteiger partial charge is 0.379 e. The van der Waals surface area contributed by atoms with Gasteiger partial charge in [0.05, 0.1) is 13.2 Å². The van der Waals surface area contributed by atoms with Gasteiger partial charge in [-0.2, -0.15) is 0 Å². The molecule has 0 saturated carbocycles. The summed E-state index contributed by atoms with van der Waals surface area (Å²) in [4.78, 5) is 2.59. The van der Waals surface area contributed by atoms with Crippen LogP contribution in [0.3, 0.4) is 0 Å². The quantitative estimate of drug-likeness (QED) is 0.799. The first-order chi connectivity index (χ1) is 7.81. The molecule has 0 bridgehead atoms. The maximum Gasteiger partial charge on any atom is 0.0624 e. The molecule has 3 nitrogen and oxygen atoms in total. The highest BCUT2D eigenvalue weighted by molar-refractivity contribution is 4.94. The Morgan fingerprint density at radius 3 is 2.59 bits per heavy atom. The number of hydrogen-bond donors (Lipinski definition) is 1. The summed E-state index contributed by atoms with van der Waals surface area (Å²) in [6.07, 6.45) is 1.33. The molecule has 0 spiro atoms. The van der Waals surface area contributed by atoms with E-state index in [9.17, 15) is 0 Å². The second-order valence-electron chi connectivity index (χ2n) is 7.36. The smallest absolute Gasteiger partial charge is 0.0624 e. The minimum absolute atomic E-state index is 0.159. The van der Waals surface area contributed by atoms with E-state index in [1.54, 1.807) is 0 Å². The predicted molar refractivity (Wildman–Crippen MR) is 70.9 cm³/mol. The highest BCUT2D eigenvalue weighted by Gasteiger charge is 2.41. The van der Waals surface area contributed by atoms with E-state index < -0.39 is 0 Å². The van der Waals surface area contributed by atoms with Crippen molar-refractivity contribution in [2.24, 2.45) is 22.5 Å². The van der Waals surface area contributed by atoms with Crippen LogP contribution in [0.2, 0.25) is 0 Å². The predicted octanol–water partition coefficient (Wildman–Crippen LogP) is 1.72. The first-order valence-corrected chi connectivity index (χ1v) is 6.87. The molecule has 2 rings (SSSR count). The first kappa shape index (κ1) is 13.3. The molecular weight excluding hydrogens is 212 g/mol. The molecule has 2 saturated heterocycles. The maximum atomic E-state index is 6.16. The number of rotatable bonds is 2. The molecule has 2 heterocycles. The van der Waals surface area contributed by atoms with Gasteiger partial charge in [-0.25, -0.2) is 0 Å². The summed E-state index contributed by atoms with van der Waals surface area (Å²) < 4.78 is 5.53. The van der Waals surface area contributed by atoms with Crippen LogP contribution in [0.15, 0.2) is 0 Å². The van der Waals surface area contributed by atoms with Crippen molar-refractivity contribution < 1.29 is 4.74 Å². The van der Waals surface area contributed by atoms with Crippen molar-refractivity contribution in [1.82, 2.24) is 4.90 Å². The summed E-state index contributed by atoms with van der Waals surface area (Å²) in [7, 11) is 0. The molecule has 3 heteroatoms. The molecule has 3 atom stereocenters. The van der Waals surface area contributed by atoms with Crippen molar-refractivity contribution in [2.45, 2.75) is 40.2 Å². The Balaban J connectivity index is 1.90. The zero-order valence-electron chi connectivity index (χ0n) is 11.8. The normalized spacial score (nSPS) is 40.1. The monoisotopic (exact) mass is 240 g/mol. The van der Waals surface area contributed by atoms with E-state index in [0.717, 1.165) is 25.7 Å². The summed E-state index contributed by atoms with van der Waals surface area (Å²) >= 11 is 0. The van der Waals surface area contributed by atoms with Crippen molar-refractivity contribution in [3.63, 3.8) is 0 Å². The Morgan fingerprint density at radius 2 is 2.12 bits per heavy atom. The first-order valence-electron chi connectivity index (χ1n) is 6.87. The van der Waals surface area contributed by atoms with Crippen LogP contribution in [0, 0.1) is 16.7 Å². The molecule has 0 radical (unpaired) electrons. The number of likely N-dealkylation sites (tertiary alicyclic amines) is 1. The fraction of sp³-hybridized carbons (Fsp3) is 1.00. The van der Waals surface area contributed by atoms with Crippen LogP contribution < -0.4 is 5.73 Å². The van der Waals surface area contributed by atoms with Crippen LogP contribution in [0.4, 0.5) is 0 Å². The van der Waals surface area contributed by atoms with Crippen LogP contribution in [-0.4, -0.2) is 43.8 Å². The fourth-order valence-electron chi connectivity index (χ4n) is 3.08. The fourth-order valence-corrected chi connectivity index (χ4v) is 3.08. The minimum Gasteiger partial charge on any atom is -0.379 e. The van der Waals surface area contributed by atoms with Gasteiger partial charge in [-0.3, -0.25) is 0 Å². The number of ether oxygens (including phenoxy) is 1. The lowest BCUT2D eigenvalue weighted by atomic mass is 9.80. The third-order valence-electron chi connectivity index (χ3n) is 4.71. The SMILES string of the molecule is CC(C)(C)C1CCN(CC2(C)COCC2N)C1. The van der Waals surface area contributed by atoms with Crippen molar-refractivity contribution in [2.75, 3.05) is 32.8 Å². The number of hydrogen-bond acceptors (Lipinski definition) is 3. The van der Waals surface area contributed by atoms with E-state index in [4.69, 9.17) is 10.5 Å². The highest BCUT2D eigenvalue weighted by Crippen LogP contribution is 2.36. The molecule has 0 aliphatic carbocycles. The van der Waals surface area contributed by atoms with E-state index in [-0.39, 0.29) is 11.5 Å². The van der Waals surface area contributed by atoms with Gasteiger partial charge in [-0.1, -0.05) is 27.7 Å². The Bertz CT molecular complexity index is 274. The second-order valence-corrected chi connectivity index (χ2v) is 7.36. The zero-order valence-corrected chi connectivity index (χ0v) is 11.8. The lowest BCUT2D eigenvalue weighted by Crippen LogP contribution is -2.46. The Labute approximate surface area is 106 Å². The lowest BCUT2D eigenvalue weighted by Gasteiger charge is -2.33. The van der Waals surface area contributed by atoms with Gasteiger partial charge >= 0.3 is 0 Å². The maximum absolute atomic E-state index is 6.16. The van der Waals surface area contributed by atoms with Crippen molar-refractivity contribution in [1.29, 1.82) is 0 Å². The van der Waals surface area contributed by atoms with Gasteiger partial charge in [0.1, 0.15) is 0 Å². The molecule has 2 aliphatic heterocycles. The molecule has 0 aromatic heterocycles. The van der Waals surface area contributed by atoms with Crippen LogP contribution >= 0.6 is 0 Å². The van der Waals surface area contributed by atoms with E-state index in [1.165, 1.54) is 19.5 Å². The van der Waals surface area contributed by atoms with Gasteiger partial charge in [-0.05, 0) is 24.3 Å². The van der Waals surface area contributed by atoms with Crippen LogP contribution in [0.5, 0.6) is 0 Å². The van der Waals surface area contributed by atoms with Gasteiger partial charge in [-0.15, -0.1) is 0 Å². The average molecular weight is 240 g/mol. The third-order valence-corrected chi connectivity index (χ3v) is 4.71. The lowest BCUT2D eigenvalue weighted by molar-refractivity contribution is 0.123. The van der Waals surface area contributed by atoms with Crippen molar-refractivity contribution in [3.8, 4) is 0 Å². The summed E-state index contributed by atoms with van der Waals surface area (Å²) in [5.41, 5.74) is 6.75. The highest BCUT2D eigenvalue weighted by atomic mass is 16.5. The summed E-state index contributed by atoms with van der Waals surface area (Å²) in [5.74, 6) is 0.824. The molecule has 100 valence electrons. The van der Waals surface area contributed by atoms with Gasteiger partial charge in [0.15, 0.2) is 0 Å². The standard InChI is InChI=1S/C14H28N2O/c1-13(2,3)11-5-6-16(7-11)9-14(4)10-17-8-12(14)15/h11-12H,5-10,15H2,1-4H3. The summed E-state index contributed by atoms with van der Waals surface area (Å²) in [5, 5.41) is 0. The van der Waals surface area contributed by atoms with E-state index in [0.29, 0.717) is 5.41 Å². The van der Waals surface area contributed by atoms with Crippen LogP contribution in [0.1, 0.15) is 34.1 Å². The molecule has 0 aromatic carbocycles. The Morgan fingerprint density at radius 1 is 1.41 bits per heavy atom.